The van der Waals surface area contributed by atoms with E-state index in [0.717, 1.165) is 55.4 Å². The van der Waals surface area contributed by atoms with Crippen molar-refractivity contribution in [2.24, 2.45) is 17.8 Å². The Bertz CT molecular complexity index is 649. The molecule has 2 saturated carbocycles. The summed E-state index contributed by atoms with van der Waals surface area (Å²) in [7, 11) is 3.34. The number of methoxy groups -OCH3 is 2. The predicted molar refractivity (Wildman–Crippen MR) is 104 cm³/mol. The molecule has 4 rings (SSSR count). The second-order valence-electron chi connectivity index (χ2n) is 8.59. The van der Waals surface area contributed by atoms with Gasteiger partial charge < -0.3 is 19.3 Å². The molecular formula is C22H33NO4. The van der Waals surface area contributed by atoms with Gasteiger partial charge in [-0.15, -0.1) is 0 Å². The highest BCUT2D eigenvalue weighted by molar-refractivity contribution is 5.48. The van der Waals surface area contributed by atoms with Gasteiger partial charge in [0.15, 0.2) is 11.5 Å². The molecule has 0 amide bonds. The molecule has 0 aromatic heterocycles. The van der Waals surface area contributed by atoms with Gasteiger partial charge in [-0.05, 0) is 66.7 Å². The van der Waals surface area contributed by atoms with Crippen LogP contribution in [0.15, 0.2) is 12.1 Å². The molecule has 0 radical (unpaired) electrons. The van der Waals surface area contributed by atoms with Gasteiger partial charge in [0.2, 0.25) is 0 Å². The minimum atomic E-state index is -0.426. The van der Waals surface area contributed by atoms with Gasteiger partial charge in [0.05, 0.1) is 26.9 Å². The summed E-state index contributed by atoms with van der Waals surface area (Å²) in [5, 5.41) is 10.4. The summed E-state index contributed by atoms with van der Waals surface area (Å²) in [6, 6.07) is 4.15. The number of hydrogen-bond donors (Lipinski definition) is 1. The zero-order valence-corrected chi connectivity index (χ0v) is 16.7. The van der Waals surface area contributed by atoms with Gasteiger partial charge in [-0.1, -0.05) is 6.42 Å². The predicted octanol–water partition coefficient (Wildman–Crippen LogP) is 2.88. The molecule has 3 aliphatic rings. The average Bonchev–Trinajstić information content (AvgIpc) is 3.30. The van der Waals surface area contributed by atoms with E-state index < -0.39 is 6.10 Å². The highest BCUT2D eigenvalue weighted by Gasteiger charge is 2.39. The van der Waals surface area contributed by atoms with Crippen molar-refractivity contribution in [2.75, 3.05) is 40.5 Å². The largest absolute Gasteiger partial charge is 0.493 e. The van der Waals surface area contributed by atoms with Crippen LogP contribution >= 0.6 is 0 Å². The lowest BCUT2D eigenvalue weighted by Crippen LogP contribution is -2.38. The van der Waals surface area contributed by atoms with Gasteiger partial charge in [0, 0.05) is 26.2 Å². The summed E-state index contributed by atoms with van der Waals surface area (Å²) in [4.78, 5) is 2.31. The van der Waals surface area contributed by atoms with Crippen molar-refractivity contribution < 1.29 is 19.3 Å². The normalized spacial score (nSPS) is 28.2. The topological polar surface area (TPSA) is 51.2 Å². The van der Waals surface area contributed by atoms with E-state index in [-0.39, 0.29) is 0 Å². The van der Waals surface area contributed by atoms with Crippen LogP contribution in [0.4, 0.5) is 0 Å². The molecule has 150 valence electrons. The zero-order valence-electron chi connectivity index (χ0n) is 16.7. The fraction of sp³-hybridized carbons (Fsp3) is 0.727. The van der Waals surface area contributed by atoms with Crippen molar-refractivity contribution >= 4 is 0 Å². The molecule has 4 atom stereocenters. The third-order valence-corrected chi connectivity index (χ3v) is 6.79. The van der Waals surface area contributed by atoms with Crippen LogP contribution in [0.2, 0.25) is 0 Å². The second-order valence-corrected chi connectivity index (χ2v) is 8.59. The zero-order chi connectivity index (χ0) is 18.8. The van der Waals surface area contributed by atoms with E-state index in [0.29, 0.717) is 13.2 Å². The number of aliphatic hydroxyl groups is 1. The van der Waals surface area contributed by atoms with E-state index in [1.807, 2.05) is 0 Å². The molecule has 5 heteroatoms. The summed E-state index contributed by atoms with van der Waals surface area (Å²) in [5.41, 5.74) is 2.57. The SMILES string of the molecule is COc1cc2c(cc1OC)CN(C[C@H](O)COC[C@@H]1C[C@@H]3CC[C@@H]1C3)CC2. The maximum atomic E-state index is 10.4. The molecular weight excluding hydrogens is 342 g/mol. The number of nitrogens with zero attached hydrogens (tertiary/aromatic N) is 1. The van der Waals surface area contributed by atoms with Crippen LogP contribution in [0.3, 0.4) is 0 Å². The molecule has 2 fully saturated rings. The fourth-order valence-electron chi connectivity index (χ4n) is 5.38. The first kappa shape index (κ1) is 19.0. The molecule has 1 N–H and O–H groups in total. The lowest BCUT2D eigenvalue weighted by atomic mass is 9.90. The number of aliphatic hydroxyl groups excluding tert-OH is 1. The molecule has 0 unspecified atom stereocenters. The Hall–Kier alpha value is -1.30. The maximum Gasteiger partial charge on any atom is 0.161 e. The van der Waals surface area contributed by atoms with Crippen LogP contribution in [-0.2, 0) is 17.7 Å². The van der Waals surface area contributed by atoms with Crippen LogP contribution < -0.4 is 9.47 Å². The quantitative estimate of drug-likeness (QED) is 0.757. The fourth-order valence-corrected chi connectivity index (χ4v) is 5.38. The first-order chi connectivity index (χ1) is 13.2. The minimum absolute atomic E-state index is 0.426. The van der Waals surface area contributed by atoms with Gasteiger partial charge in [0.25, 0.3) is 0 Å². The molecule has 1 aromatic rings. The van der Waals surface area contributed by atoms with E-state index >= 15 is 0 Å². The van der Waals surface area contributed by atoms with Crippen LogP contribution in [0.5, 0.6) is 11.5 Å². The van der Waals surface area contributed by atoms with E-state index in [2.05, 4.69) is 17.0 Å². The second kappa shape index (κ2) is 8.38. The van der Waals surface area contributed by atoms with E-state index in [1.54, 1.807) is 14.2 Å². The Morgan fingerprint density at radius 2 is 1.89 bits per heavy atom. The van der Waals surface area contributed by atoms with Crippen molar-refractivity contribution in [3.63, 3.8) is 0 Å². The van der Waals surface area contributed by atoms with Crippen LogP contribution in [-0.4, -0.2) is 56.6 Å². The first-order valence-corrected chi connectivity index (χ1v) is 10.4. The number of ether oxygens (including phenoxy) is 3. The number of hydrogen-bond acceptors (Lipinski definition) is 5. The summed E-state index contributed by atoms with van der Waals surface area (Å²) in [6.45, 7) is 3.72. The highest BCUT2D eigenvalue weighted by atomic mass is 16.5. The monoisotopic (exact) mass is 375 g/mol. The first-order valence-electron chi connectivity index (χ1n) is 10.4. The number of benzene rings is 1. The van der Waals surface area contributed by atoms with Crippen molar-refractivity contribution in [3.05, 3.63) is 23.3 Å². The molecule has 1 aliphatic heterocycles. The summed E-state index contributed by atoms with van der Waals surface area (Å²) < 4.78 is 16.7. The molecule has 1 heterocycles. The number of β-amino-alcohol motifs (C(OH)–C–C–N with tert-alkyl or cyclic N) is 1. The molecule has 5 nitrogen and oxygen atoms in total. The Morgan fingerprint density at radius 3 is 2.56 bits per heavy atom. The third kappa shape index (κ3) is 4.25. The van der Waals surface area contributed by atoms with Crippen molar-refractivity contribution in [3.8, 4) is 11.5 Å². The lowest BCUT2D eigenvalue weighted by molar-refractivity contribution is -0.00388. The van der Waals surface area contributed by atoms with Gasteiger partial charge in [-0.3, -0.25) is 4.90 Å². The highest BCUT2D eigenvalue weighted by Crippen LogP contribution is 2.48. The lowest BCUT2D eigenvalue weighted by Gasteiger charge is -2.31. The summed E-state index contributed by atoms with van der Waals surface area (Å²) >= 11 is 0. The van der Waals surface area contributed by atoms with Crippen LogP contribution in [0.25, 0.3) is 0 Å². The summed E-state index contributed by atoms with van der Waals surface area (Å²) in [6.07, 6.45) is 6.12. The Kier molecular flexibility index (Phi) is 5.90. The number of rotatable bonds is 8. The molecule has 2 bridgehead atoms. The summed E-state index contributed by atoms with van der Waals surface area (Å²) in [5.74, 6) is 4.14. The van der Waals surface area contributed by atoms with E-state index in [9.17, 15) is 5.11 Å². The van der Waals surface area contributed by atoms with E-state index in [1.165, 1.54) is 36.8 Å². The van der Waals surface area contributed by atoms with Gasteiger partial charge in [-0.2, -0.15) is 0 Å². The van der Waals surface area contributed by atoms with Crippen LogP contribution in [0, 0.1) is 17.8 Å². The molecule has 2 aliphatic carbocycles. The standard InChI is InChI=1S/C22H33NO4/c1-25-21-9-17-5-6-23(11-18(17)10-22(21)26-2)12-20(24)14-27-13-19-8-15-3-4-16(19)7-15/h9-10,15-16,19-20,24H,3-8,11-14H2,1-2H3/t15-,16-,19+,20+/m1/s1. The maximum absolute atomic E-state index is 10.4. The van der Waals surface area contributed by atoms with Crippen molar-refractivity contribution in [1.82, 2.24) is 4.90 Å². The Labute approximate surface area is 162 Å². The number of fused-ring (bicyclic) bond motifs is 3. The Morgan fingerprint density at radius 1 is 1.11 bits per heavy atom. The van der Waals surface area contributed by atoms with Crippen LogP contribution in [0.1, 0.15) is 36.8 Å². The van der Waals surface area contributed by atoms with Gasteiger partial charge in [0.1, 0.15) is 0 Å². The van der Waals surface area contributed by atoms with Gasteiger partial charge >= 0.3 is 0 Å². The Balaban J connectivity index is 1.24. The minimum Gasteiger partial charge on any atom is -0.493 e. The molecule has 0 saturated heterocycles. The smallest absolute Gasteiger partial charge is 0.161 e. The van der Waals surface area contributed by atoms with Crippen molar-refractivity contribution in [1.29, 1.82) is 0 Å². The molecule has 0 spiro atoms. The third-order valence-electron chi connectivity index (χ3n) is 6.79. The average molecular weight is 376 g/mol. The van der Waals surface area contributed by atoms with E-state index in [4.69, 9.17) is 14.2 Å². The molecule has 1 aromatic carbocycles. The van der Waals surface area contributed by atoms with Gasteiger partial charge in [-0.25, -0.2) is 0 Å². The molecule has 27 heavy (non-hydrogen) atoms. The van der Waals surface area contributed by atoms with Crippen molar-refractivity contribution in [2.45, 2.75) is 44.8 Å².